The van der Waals surface area contributed by atoms with Crippen molar-refractivity contribution in [2.45, 2.75) is 19.8 Å². The Bertz CT molecular complexity index is 320. The van der Waals surface area contributed by atoms with Crippen LogP contribution < -0.4 is 5.32 Å². The molecule has 0 aliphatic rings. The van der Waals surface area contributed by atoms with Gasteiger partial charge in [-0.15, -0.1) is 0 Å². The molecule has 0 amide bonds. The van der Waals surface area contributed by atoms with E-state index in [4.69, 9.17) is 4.74 Å². The standard InChI is InChI=1S/C13H19NO/c1-11-6-4-8-13(10-11)14-12(2)7-5-9-15-3/h4,6,8,10,14H,2,5,7,9H2,1,3H3. The third-order valence-corrected chi connectivity index (χ3v) is 2.17. The fourth-order valence-corrected chi connectivity index (χ4v) is 1.42. The average molecular weight is 205 g/mol. The molecule has 0 unspecified atom stereocenters. The normalized spacial score (nSPS) is 10.0. The van der Waals surface area contributed by atoms with E-state index in [1.165, 1.54) is 5.56 Å². The summed E-state index contributed by atoms with van der Waals surface area (Å²) in [5, 5.41) is 3.29. The average Bonchev–Trinajstić information content (AvgIpc) is 2.18. The van der Waals surface area contributed by atoms with Gasteiger partial charge in [0.05, 0.1) is 0 Å². The summed E-state index contributed by atoms with van der Waals surface area (Å²) in [4.78, 5) is 0. The third-order valence-electron chi connectivity index (χ3n) is 2.17. The number of allylic oxidation sites excluding steroid dienone is 1. The van der Waals surface area contributed by atoms with E-state index in [2.05, 4.69) is 37.0 Å². The number of methoxy groups -OCH3 is 1. The van der Waals surface area contributed by atoms with E-state index in [0.29, 0.717) is 0 Å². The zero-order valence-electron chi connectivity index (χ0n) is 9.55. The van der Waals surface area contributed by atoms with E-state index < -0.39 is 0 Å². The summed E-state index contributed by atoms with van der Waals surface area (Å²) in [6.45, 7) is 6.85. The van der Waals surface area contributed by atoms with Crippen molar-refractivity contribution in [2.75, 3.05) is 19.0 Å². The first-order chi connectivity index (χ1) is 7.22. The van der Waals surface area contributed by atoms with Crippen LogP contribution >= 0.6 is 0 Å². The zero-order valence-corrected chi connectivity index (χ0v) is 9.55. The summed E-state index contributed by atoms with van der Waals surface area (Å²) in [5.41, 5.74) is 3.40. The number of rotatable bonds is 6. The molecule has 2 heteroatoms. The largest absolute Gasteiger partial charge is 0.385 e. The summed E-state index contributed by atoms with van der Waals surface area (Å²) in [6.07, 6.45) is 1.95. The van der Waals surface area contributed by atoms with Gasteiger partial charge in [-0.1, -0.05) is 18.7 Å². The van der Waals surface area contributed by atoms with Crippen molar-refractivity contribution >= 4 is 5.69 Å². The van der Waals surface area contributed by atoms with Gasteiger partial charge in [0.1, 0.15) is 0 Å². The monoisotopic (exact) mass is 205 g/mol. The second kappa shape index (κ2) is 6.25. The first-order valence-corrected chi connectivity index (χ1v) is 5.23. The topological polar surface area (TPSA) is 21.3 Å². The molecule has 0 heterocycles. The third kappa shape index (κ3) is 4.66. The molecular formula is C13H19NO. The first kappa shape index (κ1) is 11.8. The summed E-state index contributed by atoms with van der Waals surface area (Å²) in [5.74, 6) is 0. The van der Waals surface area contributed by atoms with Crippen LogP contribution in [0.15, 0.2) is 36.5 Å². The molecule has 0 fully saturated rings. The second-order valence-electron chi connectivity index (χ2n) is 3.69. The lowest BCUT2D eigenvalue weighted by molar-refractivity contribution is 0.195. The minimum atomic E-state index is 0.786. The SMILES string of the molecule is C=C(CCCOC)Nc1cccc(C)c1. The highest BCUT2D eigenvalue weighted by Gasteiger charge is 1.96. The highest BCUT2D eigenvalue weighted by atomic mass is 16.5. The van der Waals surface area contributed by atoms with Crippen molar-refractivity contribution in [1.82, 2.24) is 0 Å². The summed E-state index contributed by atoms with van der Waals surface area (Å²) < 4.78 is 4.99. The van der Waals surface area contributed by atoms with E-state index in [1.54, 1.807) is 7.11 Å². The molecule has 0 aliphatic carbocycles. The second-order valence-corrected chi connectivity index (χ2v) is 3.69. The van der Waals surface area contributed by atoms with Crippen LogP contribution in [-0.4, -0.2) is 13.7 Å². The molecule has 0 saturated heterocycles. The number of aryl methyl sites for hydroxylation is 1. The van der Waals surface area contributed by atoms with Gasteiger partial charge in [-0.3, -0.25) is 0 Å². The van der Waals surface area contributed by atoms with Crippen molar-refractivity contribution in [2.24, 2.45) is 0 Å². The van der Waals surface area contributed by atoms with Gasteiger partial charge >= 0.3 is 0 Å². The van der Waals surface area contributed by atoms with Crippen molar-refractivity contribution in [3.8, 4) is 0 Å². The van der Waals surface area contributed by atoms with Gasteiger partial charge in [0.15, 0.2) is 0 Å². The van der Waals surface area contributed by atoms with Crippen molar-refractivity contribution in [3.63, 3.8) is 0 Å². The number of anilines is 1. The molecule has 15 heavy (non-hydrogen) atoms. The van der Waals surface area contributed by atoms with Crippen LogP contribution in [0.2, 0.25) is 0 Å². The number of hydrogen-bond acceptors (Lipinski definition) is 2. The molecule has 1 rings (SSSR count). The Kier molecular flexibility index (Phi) is 4.91. The maximum absolute atomic E-state index is 4.99. The quantitative estimate of drug-likeness (QED) is 0.719. The van der Waals surface area contributed by atoms with Crippen LogP contribution in [-0.2, 0) is 4.74 Å². The molecule has 1 aromatic rings. The van der Waals surface area contributed by atoms with Gasteiger partial charge in [0, 0.05) is 25.1 Å². The first-order valence-electron chi connectivity index (χ1n) is 5.23. The van der Waals surface area contributed by atoms with Crippen LogP contribution in [0.1, 0.15) is 18.4 Å². The molecule has 0 aliphatic heterocycles. The van der Waals surface area contributed by atoms with Gasteiger partial charge in [-0.2, -0.15) is 0 Å². The predicted octanol–water partition coefficient (Wildman–Crippen LogP) is 3.35. The molecule has 0 radical (unpaired) electrons. The maximum Gasteiger partial charge on any atom is 0.0465 e. The molecule has 0 spiro atoms. The molecule has 0 bridgehead atoms. The Balaban J connectivity index is 2.37. The smallest absolute Gasteiger partial charge is 0.0465 e. The molecular weight excluding hydrogens is 186 g/mol. The predicted molar refractivity (Wildman–Crippen MR) is 65.1 cm³/mol. The summed E-state index contributed by atoms with van der Waals surface area (Å²) in [7, 11) is 1.72. The van der Waals surface area contributed by atoms with Crippen molar-refractivity contribution < 1.29 is 4.74 Å². The minimum Gasteiger partial charge on any atom is -0.385 e. The Hall–Kier alpha value is -1.28. The van der Waals surface area contributed by atoms with Crippen molar-refractivity contribution in [3.05, 3.63) is 42.1 Å². The Morgan fingerprint density at radius 3 is 2.93 bits per heavy atom. The van der Waals surface area contributed by atoms with Crippen LogP contribution in [0.3, 0.4) is 0 Å². The van der Waals surface area contributed by atoms with E-state index >= 15 is 0 Å². The van der Waals surface area contributed by atoms with E-state index in [-0.39, 0.29) is 0 Å². The summed E-state index contributed by atoms with van der Waals surface area (Å²) in [6, 6.07) is 8.29. The van der Waals surface area contributed by atoms with Crippen LogP contribution in [0.25, 0.3) is 0 Å². The highest BCUT2D eigenvalue weighted by Crippen LogP contribution is 2.13. The number of benzene rings is 1. The van der Waals surface area contributed by atoms with E-state index in [1.807, 2.05) is 6.07 Å². The lowest BCUT2D eigenvalue weighted by Gasteiger charge is -2.09. The van der Waals surface area contributed by atoms with E-state index in [9.17, 15) is 0 Å². The fraction of sp³-hybridized carbons (Fsp3) is 0.385. The summed E-state index contributed by atoms with van der Waals surface area (Å²) >= 11 is 0. The molecule has 0 atom stereocenters. The van der Waals surface area contributed by atoms with Gasteiger partial charge in [0.2, 0.25) is 0 Å². The lowest BCUT2D eigenvalue weighted by Crippen LogP contribution is -2.00. The number of hydrogen-bond donors (Lipinski definition) is 1. The van der Waals surface area contributed by atoms with Gasteiger partial charge in [-0.25, -0.2) is 0 Å². The van der Waals surface area contributed by atoms with E-state index in [0.717, 1.165) is 30.8 Å². The highest BCUT2D eigenvalue weighted by molar-refractivity contribution is 5.49. The lowest BCUT2D eigenvalue weighted by atomic mass is 10.2. The van der Waals surface area contributed by atoms with Gasteiger partial charge < -0.3 is 10.1 Å². The Labute approximate surface area is 92.0 Å². The molecule has 2 nitrogen and oxygen atoms in total. The minimum absolute atomic E-state index is 0.786. The van der Waals surface area contributed by atoms with Gasteiger partial charge in [-0.05, 0) is 37.5 Å². The number of nitrogens with one attached hydrogen (secondary N) is 1. The number of ether oxygens (including phenoxy) is 1. The molecule has 0 saturated carbocycles. The van der Waals surface area contributed by atoms with Crippen molar-refractivity contribution in [1.29, 1.82) is 0 Å². The van der Waals surface area contributed by atoms with Crippen LogP contribution in [0.4, 0.5) is 5.69 Å². The molecule has 0 aromatic heterocycles. The molecule has 1 aromatic carbocycles. The van der Waals surface area contributed by atoms with Crippen LogP contribution in [0, 0.1) is 6.92 Å². The van der Waals surface area contributed by atoms with Gasteiger partial charge in [0.25, 0.3) is 0 Å². The van der Waals surface area contributed by atoms with Crippen LogP contribution in [0.5, 0.6) is 0 Å². The Morgan fingerprint density at radius 1 is 1.47 bits per heavy atom. The zero-order chi connectivity index (χ0) is 11.1. The molecule has 1 N–H and O–H groups in total. The fourth-order valence-electron chi connectivity index (χ4n) is 1.42. The molecule has 82 valence electrons. The Morgan fingerprint density at radius 2 is 2.27 bits per heavy atom. The maximum atomic E-state index is 4.99.